The Balaban J connectivity index is 3.21. The summed E-state index contributed by atoms with van der Waals surface area (Å²) in [6.07, 6.45) is 6.60. The van der Waals surface area contributed by atoms with Gasteiger partial charge in [0, 0.05) is 0 Å². The second-order valence-corrected chi connectivity index (χ2v) is 4.12. The van der Waals surface area contributed by atoms with Crippen molar-refractivity contribution in [2.75, 3.05) is 26.4 Å². The lowest BCUT2D eigenvalue weighted by molar-refractivity contribution is 0.262. The molecule has 0 amide bonds. The summed E-state index contributed by atoms with van der Waals surface area (Å²) in [5.74, 6) is 2.02. The zero-order valence-corrected chi connectivity index (χ0v) is 12.8. The van der Waals surface area contributed by atoms with E-state index in [1.807, 2.05) is 0 Å². The molecule has 0 N–H and O–H groups in total. The summed E-state index contributed by atoms with van der Waals surface area (Å²) in [5.41, 5.74) is 0. The van der Waals surface area contributed by atoms with Gasteiger partial charge in [0.15, 0.2) is 11.5 Å². The normalized spacial score (nSPS) is 9.45. The zero-order chi connectivity index (χ0) is 16.2. The SMILES string of the molecule is C=CCOc1ccc(OCC=C)c(OCC=C)c1OCC=C. The van der Waals surface area contributed by atoms with Crippen LogP contribution in [0.1, 0.15) is 0 Å². The molecule has 1 aromatic carbocycles. The molecule has 0 heterocycles. The Morgan fingerprint density at radius 3 is 1.23 bits per heavy atom. The zero-order valence-electron chi connectivity index (χ0n) is 12.8. The predicted molar refractivity (Wildman–Crippen MR) is 89.2 cm³/mol. The number of ether oxygens (including phenoxy) is 4. The standard InChI is InChI=1S/C18H22O4/c1-5-11-19-15-9-10-16(20-12-6-2)18(22-14-8-4)17(15)21-13-7-3/h5-10H,1-4,11-14H2. The molecule has 118 valence electrons. The Hall–Kier alpha value is -2.62. The van der Waals surface area contributed by atoms with Crippen LogP contribution in [0, 0.1) is 0 Å². The summed E-state index contributed by atoms with van der Waals surface area (Å²) in [4.78, 5) is 0. The maximum atomic E-state index is 5.69. The van der Waals surface area contributed by atoms with E-state index in [1.165, 1.54) is 0 Å². The predicted octanol–water partition coefficient (Wildman–Crippen LogP) is 3.95. The van der Waals surface area contributed by atoms with Gasteiger partial charge in [-0.25, -0.2) is 0 Å². The molecule has 0 atom stereocenters. The molecule has 0 aromatic heterocycles. The molecule has 1 aromatic rings. The van der Waals surface area contributed by atoms with E-state index in [-0.39, 0.29) is 0 Å². The topological polar surface area (TPSA) is 36.9 Å². The maximum absolute atomic E-state index is 5.69. The summed E-state index contributed by atoms with van der Waals surface area (Å²) in [6, 6.07) is 3.53. The lowest BCUT2D eigenvalue weighted by Gasteiger charge is -2.18. The van der Waals surface area contributed by atoms with Gasteiger partial charge in [0.2, 0.25) is 11.5 Å². The minimum Gasteiger partial charge on any atom is -0.485 e. The lowest BCUT2D eigenvalue weighted by Crippen LogP contribution is -2.05. The van der Waals surface area contributed by atoms with E-state index in [4.69, 9.17) is 18.9 Å². The van der Waals surface area contributed by atoms with E-state index in [9.17, 15) is 0 Å². The van der Waals surface area contributed by atoms with Crippen LogP contribution in [0.2, 0.25) is 0 Å². The van der Waals surface area contributed by atoms with Crippen molar-refractivity contribution in [1.82, 2.24) is 0 Å². The highest BCUT2D eigenvalue weighted by molar-refractivity contribution is 5.59. The molecular weight excluding hydrogens is 280 g/mol. The van der Waals surface area contributed by atoms with Crippen molar-refractivity contribution in [3.8, 4) is 23.0 Å². The first-order valence-corrected chi connectivity index (χ1v) is 6.90. The number of hydrogen-bond acceptors (Lipinski definition) is 4. The quantitative estimate of drug-likeness (QED) is 0.548. The Bertz CT molecular complexity index is 473. The fourth-order valence-corrected chi connectivity index (χ4v) is 1.61. The highest BCUT2D eigenvalue weighted by Crippen LogP contribution is 2.44. The van der Waals surface area contributed by atoms with Crippen LogP contribution in [-0.4, -0.2) is 26.4 Å². The molecule has 1 rings (SSSR count). The summed E-state index contributed by atoms with van der Waals surface area (Å²) >= 11 is 0. The number of benzene rings is 1. The molecule has 4 nitrogen and oxygen atoms in total. The third-order valence-corrected chi connectivity index (χ3v) is 2.44. The van der Waals surface area contributed by atoms with E-state index in [2.05, 4.69) is 26.3 Å². The van der Waals surface area contributed by atoms with Crippen molar-refractivity contribution >= 4 is 0 Å². The van der Waals surface area contributed by atoms with Gasteiger partial charge in [0.25, 0.3) is 0 Å². The Morgan fingerprint density at radius 2 is 0.909 bits per heavy atom. The largest absolute Gasteiger partial charge is 0.485 e. The minimum atomic E-state index is 0.319. The van der Waals surface area contributed by atoms with E-state index >= 15 is 0 Å². The second-order valence-electron chi connectivity index (χ2n) is 4.12. The van der Waals surface area contributed by atoms with Gasteiger partial charge < -0.3 is 18.9 Å². The summed E-state index contributed by atoms with van der Waals surface area (Å²) in [7, 11) is 0. The van der Waals surface area contributed by atoms with Crippen LogP contribution >= 0.6 is 0 Å². The van der Waals surface area contributed by atoms with Crippen LogP contribution in [0.15, 0.2) is 62.8 Å². The van der Waals surface area contributed by atoms with Crippen molar-refractivity contribution in [2.24, 2.45) is 0 Å². The highest BCUT2D eigenvalue weighted by atomic mass is 16.6. The second kappa shape index (κ2) is 10.2. The molecule has 0 unspecified atom stereocenters. The first kappa shape index (κ1) is 17.4. The molecule has 22 heavy (non-hydrogen) atoms. The van der Waals surface area contributed by atoms with Crippen molar-refractivity contribution in [1.29, 1.82) is 0 Å². The number of hydrogen-bond donors (Lipinski definition) is 0. The van der Waals surface area contributed by atoms with Crippen molar-refractivity contribution < 1.29 is 18.9 Å². The van der Waals surface area contributed by atoms with Gasteiger partial charge >= 0.3 is 0 Å². The highest BCUT2D eigenvalue weighted by Gasteiger charge is 2.18. The summed E-state index contributed by atoms with van der Waals surface area (Å²) in [5, 5.41) is 0. The molecule has 0 bridgehead atoms. The molecule has 0 radical (unpaired) electrons. The van der Waals surface area contributed by atoms with Gasteiger partial charge in [-0.1, -0.05) is 50.6 Å². The molecule has 0 fully saturated rings. The van der Waals surface area contributed by atoms with E-state index in [0.717, 1.165) is 0 Å². The van der Waals surface area contributed by atoms with Crippen LogP contribution in [0.3, 0.4) is 0 Å². The van der Waals surface area contributed by atoms with E-state index < -0.39 is 0 Å². The third kappa shape index (κ3) is 5.05. The average Bonchev–Trinajstić information content (AvgIpc) is 2.55. The lowest BCUT2D eigenvalue weighted by atomic mass is 10.2. The van der Waals surface area contributed by atoms with Crippen LogP contribution in [0.25, 0.3) is 0 Å². The Kier molecular flexibility index (Phi) is 8.05. The molecule has 0 saturated heterocycles. The van der Waals surface area contributed by atoms with Gasteiger partial charge in [-0.05, 0) is 12.1 Å². The van der Waals surface area contributed by atoms with Gasteiger partial charge in [-0.3, -0.25) is 0 Å². The van der Waals surface area contributed by atoms with Crippen molar-refractivity contribution in [2.45, 2.75) is 0 Å². The fraction of sp³-hybridized carbons (Fsp3) is 0.222. The van der Waals surface area contributed by atoms with Crippen molar-refractivity contribution in [3.63, 3.8) is 0 Å². The van der Waals surface area contributed by atoms with Gasteiger partial charge in [0.1, 0.15) is 26.4 Å². The summed E-state index contributed by atoms with van der Waals surface area (Å²) in [6.45, 7) is 15.9. The van der Waals surface area contributed by atoms with Crippen LogP contribution in [0.5, 0.6) is 23.0 Å². The molecule has 0 saturated carbocycles. The smallest absolute Gasteiger partial charge is 0.207 e. The first-order valence-electron chi connectivity index (χ1n) is 6.90. The number of rotatable bonds is 12. The minimum absolute atomic E-state index is 0.319. The molecule has 0 spiro atoms. The summed E-state index contributed by atoms with van der Waals surface area (Å²) < 4.78 is 22.6. The van der Waals surface area contributed by atoms with E-state index in [0.29, 0.717) is 49.4 Å². The molecule has 0 aliphatic heterocycles. The van der Waals surface area contributed by atoms with E-state index in [1.54, 1.807) is 36.4 Å². The van der Waals surface area contributed by atoms with Crippen LogP contribution < -0.4 is 18.9 Å². The van der Waals surface area contributed by atoms with Crippen LogP contribution in [-0.2, 0) is 0 Å². The van der Waals surface area contributed by atoms with Gasteiger partial charge in [-0.15, -0.1) is 0 Å². The molecule has 0 aliphatic rings. The monoisotopic (exact) mass is 302 g/mol. The van der Waals surface area contributed by atoms with Gasteiger partial charge in [0.05, 0.1) is 0 Å². The average molecular weight is 302 g/mol. The molecule has 0 aliphatic carbocycles. The molecule has 4 heteroatoms. The third-order valence-electron chi connectivity index (χ3n) is 2.44. The van der Waals surface area contributed by atoms with Crippen molar-refractivity contribution in [3.05, 3.63) is 62.8 Å². The molecular formula is C18H22O4. The first-order chi connectivity index (χ1) is 10.8. The van der Waals surface area contributed by atoms with Crippen LogP contribution in [0.4, 0.5) is 0 Å². The Labute approximate surface area is 132 Å². The van der Waals surface area contributed by atoms with Gasteiger partial charge in [-0.2, -0.15) is 0 Å². The Morgan fingerprint density at radius 1 is 0.591 bits per heavy atom. The maximum Gasteiger partial charge on any atom is 0.207 e. The fourth-order valence-electron chi connectivity index (χ4n) is 1.61.